The lowest BCUT2D eigenvalue weighted by Crippen LogP contribution is -2.67. The number of nitrogen functional groups attached to an aromatic ring is 1. The van der Waals surface area contributed by atoms with E-state index in [9.17, 15) is 74.4 Å². The van der Waals surface area contributed by atoms with E-state index in [1.807, 2.05) is 0 Å². The van der Waals surface area contributed by atoms with E-state index in [4.69, 9.17) is 52.5 Å². The lowest BCUT2D eigenvalue weighted by Gasteiger charge is -2.47. The summed E-state index contributed by atoms with van der Waals surface area (Å²) in [4.78, 5) is 136. The van der Waals surface area contributed by atoms with Crippen LogP contribution in [-0.4, -0.2) is 270 Å². The van der Waals surface area contributed by atoms with E-state index >= 15 is 4.79 Å². The van der Waals surface area contributed by atoms with Crippen LogP contribution in [0.5, 0.6) is 0 Å². The number of aliphatic hydroxyl groups excluding tert-OH is 8. The second kappa shape index (κ2) is 35.0. The first-order valence-corrected chi connectivity index (χ1v) is 30.1. The number of hydrogen-bond donors (Lipinski definition) is 20. The molecule has 6 heterocycles. The average Bonchev–Trinajstić information content (AvgIpc) is 0.943. The van der Waals surface area contributed by atoms with Gasteiger partial charge in [0.05, 0.1) is 61.6 Å². The Balaban J connectivity index is 1.25. The predicted molar refractivity (Wildman–Crippen MR) is 335 cm³/mol. The molecule has 0 aliphatic carbocycles. The van der Waals surface area contributed by atoms with Gasteiger partial charge in [-0.25, -0.2) is 44.6 Å². The van der Waals surface area contributed by atoms with Crippen LogP contribution in [0.15, 0.2) is 45.9 Å². The maximum Gasteiger partial charge on any atom is 0.404 e. The molecule has 6 rings (SSSR count). The van der Waals surface area contributed by atoms with E-state index < -0.39 is 171 Å². The summed E-state index contributed by atoms with van der Waals surface area (Å²) in [5.41, 5.74) is 33.4. The number of aliphatic imine (C=N–C) groups is 2. The minimum atomic E-state index is -2.29. The lowest BCUT2D eigenvalue weighted by atomic mass is 9.51. The molecule has 10 unspecified atom stereocenters. The van der Waals surface area contributed by atoms with Crippen molar-refractivity contribution in [2.75, 3.05) is 43.8 Å². The summed E-state index contributed by atoms with van der Waals surface area (Å²) in [5, 5.41) is 99.3. The molecule has 2 radical (unpaired) electrons. The summed E-state index contributed by atoms with van der Waals surface area (Å²) in [6.45, 7) is 7.47. The largest absolute Gasteiger partial charge is 0.441 e. The number of imidazole rings is 1. The number of hydrogen-bond acceptors (Lipinski definition) is 30. The first kappa shape index (κ1) is 76.5. The average molecular weight is 1350 g/mol. The molecule has 0 spiro atoms. The Kier molecular flexibility index (Phi) is 27.9. The molecule has 0 saturated carbocycles. The summed E-state index contributed by atoms with van der Waals surface area (Å²) in [6.07, 6.45) is -22.3. The van der Waals surface area contributed by atoms with Crippen LogP contribution < -0.4 is 66.0 Å². The van der Waals surface area contributed by atoms with Crippen molar-refractivity contribution in [2.45, 2.75) is 159 Å². The minimum Gasteiger partial charge on any atom is -0.441 e. The van der Waals surface area contributed by atoms with E-state index in [1.165, 1.54) is 20.8 Å². The van der Waals surface area contributed by atoms with Gasteiger partial charge in [0.15, 0.2) is 18.2 Å². The molecule has 2 saturated heterocycles. The molecule has 25 N–H and O–H groups in total. The highest BCUT2D eigenvalue weighted by Crippen LogP contribution is 2.33. The Morgan fingerprint density at radius 3 is 2.15 bits per heavy atom. The number of nitrogens with zero attached hydrogens (tertiary/aromatic N) is 8. The van der Waals surface area contributed by atoms with E-state index in [2.05, 4.69) is 75.7 Å². The van der Waals surface area contributed by atoms with Gasteiger partial charge in [-0.2, -0.15) is 0 Å². The number of aromatic nitrogens is 4. The third kappa shape index (κ3) is 20.1. The number of allylic oxidation sites excluding steroid dienone is 1. The number of anilines is 2. The topological polar surface area (TPSA) is 636 Å². The van der Waals surface area contributed by atoms with Crippen molar-refractivity contribution in [2.24, 2.45) is 38.8 Å². The second-order valence-electron chi connectivity index (χ2n) is 22.9. The van der Waals surface area contributed by atoms with E-state index in [0.717, 1.165) is 32.2 Å². The number of nitrogens with two attached hydrogens (primary N) is 5. The molecule has 2 aromatic rings. The zero-order valence-electron chi connectivity index (χ0n) is 53.0. The van der Waals surface area contributed by atoms with Crippen LogP contribution >= 0.6 is 0 Å². The van der Waals surface area contributed by atoms with E-state index in [-0.39, 0.29) is 53.4 Å². The van der Waals surface area contributed by atoms with Crippen LogP contribution in [0.1, 0.15) is 68.0 Å². The van der Waals surface area contributed by atoms with Gasteiger partial charge >= 0.3 is 18.2 Å². The fourth-order valence-corrected chi connectivity index (χ4v) is 9.59. The standard InChI is InChI=1S/C52H81B3N20O21/c1-20-33(69-44(70-42(20)58)25(12-31(57)79)64-15-24(56)43(59)85)47(88)72-74(75(32-16-61-19-65-32)96-49-40(37(83)35(81)28(17-76)93-49)94-48-38(84)39(95-50(60)89)36(82)29(18-77)92-48)52(91)66-22(3)34(80)21(2)45(86)71-73(23(4)78)51(90)63-11-8-30-53-13-26(67-30)41-54-14-27(68-41)46(87)62-10-7-9-55(5)6/h13-14,16,19,21-25,28-29,34-40,48-49,64,76-78,80-84H,7-12,15,17-18,56H2,1-6H3,(H2,57,79)(H2,59,85)(H2,60,89)(H,61,65)(H,62,87)(H,63,90)(H,66,91)(H,71,86)(H,72,88)(H2,58,69,70)/t21-,22+,23+,24-,25-,28?,29?,34-,35?,36?,37?,38?,39?,40?,48?,49?/m0/s1. The van der Waals surface area contributed by atoms with Crippen LogP contribution in [0.25, 0.3) is 0 Å². The lowest BCUT2D eigenvalue weighted by molar-refractivity contribution is -0.371. The van der Waals surface area contributed by atoms with Crippen LogP contribution in [0.4, 0.5) is 26.0 Å². The molecule has 2 aromatic heterocycles. The van der Waals surface area contributed by atoms with Gasteiger partial charge in [-0.05, 0) is 39.2 Å². The molecule has 16 atom stereocenters. The van der Waals surface area contributed by atoms with Gasteiger partial charge in [-0.15, -0.1) is 10.3 Å². The molecule has 524 valence electrons. The zero-order chi connectivity index (χ0) is 71.0. The molecule has 96 heavy (non-hydrogen) atoms. The number of hydrazine groups is 3. The van der Waals surface area contributed by atoms with Crippen LogP contribution in [0.2, 0.25) is 20.0 Å². The van der Waals surface area contributed by atoms with Gasteiger partial charge in [0.1, 0.15) is 78.7 Å². The monoisotopic (exact) mass is 1350 g/mol. The molecule has 0 aromatic carbocycles. The van der Waals surface area contributed by atoms with E-state index in [0.29, 0.717) is 40.4 Å². The zero-order valence-corrected chi connectivity index (χ0v) is 53.0. The molecule has 44 heteroatoms. The van der Waals surface area contributed by atoms with Crippen molar-refractivity contribution in [1.29, 1.82) is 0 Å². The number of carbonyl (C=O) groups is 8. The van der Waals surface area contributed by atoms with Gasteiger partial charge in [-0.3, -0.25) is 39.4 Å². The Labute approximate surface area is 549 Å². The number of nitrogens with one attached hydrogen (secondary N) is 7. The van der Waals surface area contributed by atoms with Crippen molar-refractivity contribution in [3.05, 3.63) is 53.0 Å². The number of amides is 10. The summed E-state index contributed by atoms with van der Waals surface area (Å²) in [7, 11) is 3.33. The number of ether oxygens (including phenoxy) is 4. The Morgan fingerprint density at radius 1 is 0.833 bits per heavy atom. The highest BCUT2D eigenvalue weighted by Gasteiger charge is 2.53. The number of H-pyrrole nitrogens is 1. The fourth-order valence-electron chi connectivity index (χ4n) is 9.59. The van der Waals surface area contributed by atoms with Crippen molar-refractivity contribution in [3.63, 3.8) is 0 Å². The van der Waals surface area contributed by atoms with E-state index in [1.54, 1.807) is 26.5 Å². The van der Waals surface area contributed by atoms with Crippen LogP contribution in [0, 0.1) is 12.8 Å². The van der Waals surface area contributed by atoms with Gasteiger partial charge in [-0.1, -0.05) is 38.8 Å². The summed E-state index contributed by atoms with van der Waals surface area (Å²) in [5.74, 6) is -4.22. The summed E-state index contributed by atoms with van der Waals surface area (Å²) in [6, 6.07) is -6.73. The van der Waals surface area contributed by atoms with Gasteiger partial charge in [0.25, 0.3) is 11.8 Å². The Hall–Kier alpha value is -8.50. The highest BCUT2D eigenvalue weighted by atomic mass is 16.8. The van der Waals surface area contributed by atoms with Crippen LogP contribution in [-0.2, 0) is 43.0 Å². The summed E-state index contributed by atoms with van der Waals surface area (Å²) >= 11 is 0. The first-order chi connectivity index (χ1) is 45.3. The first-order valence-electron chi connectivity index (χ1n) is 30.1. The number of urea groups is 2. The minimum absolute atomic E-state index is 0.0696. The molecule has 4 aliphatic rings. The molecule has 10 amide bonds. The quantitative estimate of drug-likeness (QED) is 0.0144. The Morgan fingerprint density at radius 2 is 1.52 bits per heavy atom. The van der Waals surface area contributed by atoms with Gasteiger partial charge < -0.3 is 115 Å². The normalized spacial score (nSPS) is 24.0. The maximum atomic E-state index is 15.1. The number of aliphatic hydroxyl groups is 8. The van der Waals surface area contributed by atoms with Crippen molar-refractivity contribution < 1.29 is 103 Å². The third-order valence-corrected chi connectivity index (χ3v) is 15.1. The van der Waals surface area contributed by atoms with Crippen LogP contribution in [0.3, 0.4) is 0 Å². The fraction of sp³-hybridized carbons (Fsp3) is 0.596. The smallest absolute Gasteiger partial charge is 0.404 e. The van der Waals surface area contributed by atoms with Gasteiger partial charge in [0, 0.05) is 37.2 Å². The molecule has 4 aliphatic heterocycles. The Bertz CT molecular complexity index is 3210. The number of rotatable bonds is 31. The van der Waals surface area contributed by atoms with Crippen molar-refractivity contribution >= 4 is 91.8 Å². The number of aromatic amines is 1. The number of carbonyl (C=O) groups excluding carboxylic acids is 8. The molecular weight excluding hydrogens is 1270 g/mol. The third-order valence-electron chi connectivity index (χ3n) is 15.1. The maximum absolute atomic E-state index is 15.1. The van der Waals surface area contributed by atoms with Crippen molar-refractivity contribution in [3.8, 4) is 0 Å². The SMILES string of the molecule is CB(C)CCCNC(=O)C1=C[B]C(C2=C[B]C(CCNC(=O)N(NC(=O)[C@@H](C)[C@H](O)[C@@H](C)NC(=O)N(NC(=O)c3nc([C@H](CC(N)=O)NC[C@H](N)C(N)=O)nc(N)c3C)N(OC3OC(CO)C(O)C(O)C3OC3OC(CO)C(O)C(OC(N)=O)C3O)c3cnc[nH]3)[C@@H](C)O)=N2)=N1. The van der Waals surface area contributed by atoms with Crippen molar-refractivity contribution in [1.82, 2.24) is 62.2 Å². The van der Waals surface area contributed by atoms with Gasteiger partial charge in [0.2, 0.25) is 38.6 Å². The summed E-state index contributed by atoms with van der Waals surface area (Å²) < 4.78 is 22.1. The highest BCUT2D eigenvalue weighted by molar-refractivity contribution is 6.87. The number of primary amides is 3. The molecule has 41 nitrogen and oxygen atoms in total. The molecular formula is C52H81B3N20O21. The molecule has 0 bridgehead atoms. The molecule has 2 fully saturated rings. The predicted octanol–water partition coefficient (Wildman–Crippen LogP) is -8.52. The second-order valence-corrected chi connectivity index (χ2v) is 22.9.